The van der Waals surface area contributed by atoms with Gasteiger partial charge in [-0.1, -0.05) is 171 Å². The first-order chi connectivity index (χ1) is 30.6. The van der Waals surface area contributed by atoms with Crippen LogP contribution in [0.2, 0.25) is 0 Å². The molecule has 0 saturated heterocycles. The van der Waals surface area contributed by atoms with Gasteiger partial charge in [0.2, 0.25) is 0 Å². The van der Waals surface area contributed by atoms with Crippen LogP contribution in [0.5, 0.6) is 11.5 Å². The molecule has 4 fully saturated rings. The molecule has 4 saturated carbocycles. The Kier molecular flexibility index (Phi) is 8.10. The molecule has 4 heteroatoms. The second kappa shape index (κ2) is 13.9. The van der Waals surface area contributed by atoms with E-state index in [1.165, 1.54) is 79.2 Å². The molecule has 2 atom stereocenters. The molecular weight excluding hydrogens is 755 g/mol. The number of rotatable bonds is 5. The van der Waals surface area contributed by atoms with Gasteiger partial charge in [-0.3, -0.25) is 0 Å². The molecule has 62 heavy (non-hydrogen) atoms. The van der Waals surface area contributed by atoms with Crippen LogP contribution >= 0.6 is 0 Å². The number of aromatic nitrogens is 3. The van der Waals surface area contributed by atoms with Crippen LogP contribution in [0.3, 0.4) is 0 Å². The molecule has 5 aliphatic carbocycles. The lowest BCUT2D eigenvalue weighted by atomic mass is 9.53. The third kappa shape index (κ3) is 5.48. The van der Waals surface area contributed by atoms with Gasteiger partial charge in [-0.15, -0.1) is 0 Å². The Morgan fingerprint density at radius 1 is 0.419 bits per heavy atom. The fraction of sp³-hybridized carbons (Fsp3) is 0.224. The monoisotopic (exact) mass is 801 g/mol. The van der Waals surface area contributed by atoms with Gasteiger partial charge in [0.05, 0.1) is 5.41 Å². The fourth-order valence-electron chi connectivity index (χ4n) is 12.8. The summed E-state index contributed by atoms with van der Waals surface area (Å²) < 4.78 is 6.63. The first kappa shape index (κ1) is 36.0. The van der Waals surface area contributed by atoms with E-state index in [0.717, 1.165) is 68.2 Å². The van der Waals surface area contributed by atoms with Crippen LogP contribution in [0.25, 0.3) is 56.4 Å². The summed E-state index contributed by atoms with van der Waals surface area (Å²) in [6.07, 6.45) is 11.1. The average molecular weight is 802 g/mol. The number of para-hydroxylation sites is 2. The SMILES string of the molecule is c1ccc(-c2ccc(-c3nc(-c4ccc(C56CCC[C@@H](CC7CC(C7)C5)C6)cc4)nc(-c4cccc5c4-c4ccccc4C54c5ccccc5Oc5ccccc54)n3)cc2)cc1. The van der Waals surface area contributed by atoms with Crippen LogP contribution in [-0.2, 0) is 10.8 Å². The van der Waals surface area contributed by atoms with E-state index in [-0.39, 0.29) is 0 Å². The van der Waals surface area contributed by atoms with Crippen molar-refractivity contribution >= 4 is 0 Å². The topological polar surface area (TPSA) is 47.9 Å². The zero-order valence-electron chi connectivity index (χ0n) is 34.8. The highest BCUT2D eigenvalue weighted by Gasteiger charge is 2.52. The van der Waals surface area contributed by atoms with Gasteiger partial charge in [-0.05, 0) is 113 Å². The van der Waals surface area contributed by atoms with Gasteiger partial charge in [0.1, 0.15) is 11.5 Å². The van der Waals surface area contributed by atoms with Gasteiger partial charge in [0.25, 0.3) is 0 Å². The minimum absolute atomic E-state index is 0.294. The Labute approximate surface area is 363 Å². The van der Waals surface area contributed by atoms with Crippen molar-refractivity contribution in [2.24, 2.45) is 17.8 Å². The smallest absolute Gasteiger partial charge is 0.164 e. The molecule has 300 valence electrons. The Bertz CT molecular complexity index is 2970. The van der Waals surface area contributed by atoms with E-state index < -0.39 is 5.41 Å². The van der Waals surface area contributed by atoms with Crippen LogP contribution in [0, 0.1) is 17.8 Å². The minimum Gasteiger partial charge on any atom is -0.457 e. The van der Waals surface area contributed by atoms with Crippen molar-refractivity contribution < 1.29 is 4.74 Å². The summed E-state index contributed by atoms with van der Waals surface area (Å²) in [6, 6.07) is 61.3. The summed E-state index contributed by atoms with van der Waals surface area (Å²) in [7, 11) is 0. The van der Waals surface area contributed by atoms with Crippen molar-refractivity contribution in [1.29, 1.82) is 0 Å². The fourth-order valence-corrected chi connectivity index (χ4v) is 12.8. The number of fused-ring (bicyclic) bond motifs is 9. The van der Waals surface area contributed by atoms with Crippen molar-refractivity contribution in [3.8, 4) is 67.9 Å². The molecule has 4 nitrogen and oxygen atoms in total. The lowest BCUT2D eigenvalue weighted by molar-refractivity contribution is 0.0449. The van der Waals surface area contributed by atoms with Crippen LogP contribution in [0.4, 0.5) is 0 Å². The molecule has 8 aromatic rings. The third-order valence-corrected chi connectivity index (χ3v) is 15.4. The highest BCUT2D eigenvalue weighted by Crippen LogP contribution is 2.63. The highest BCUT2D eigenvalue weighted by molar-refractivity contribution is 5.95. The van der Waals surface area contributed by atoms with E-state index in [2.05, 4.69) is 170 Å². The van der Waals surface area contributed by atoms with Gasteiger partial charge < -0.3 is 4.74 Å². The summed E-state index contributed by atoms with van der Waals surface area (Å²) in [5.41, 5.74) is 13.6. The molecule has 0 radical (unpaired) electrons. The maximum atomic E-state index is 6.63. The predicted molar refractivity (Wildman–Crippen MR) is 248 cm³/mol. The van der Waals surface area contributed by atoms with E-state index >= 15 is 0 Å². The van der Waals surface area contributed by atoms with E-state index in [0.29, 0.717) is 22.9 Å². The van der Waals surface area contributed by atoms with Gasteiger partial charge >= 0.3 is 0 Å². The van der Waals surface area contributed by atoms with E-state index in [1.54, 1.807) is 0 Å². The van der Waals surface area contributed by atoms with Crippen molar-refractivity contribution in [3.63, 3.8) is 0 Å². The minimum atomic E-state index is -0.579. The molecule has 14 rings (SSSR count). The number of hydrogen-bond donors (Lipinski definition) is 0. The molecule has 1 aliphatic heterocycles. The Morgan fingerprint density at radius 3 is 1.68 bits per heavy atom. The summed E-state index contributed by atoms with van der Waals surface area (Å²) in [6.45, 7) is 0. The first-order valence-corrected chi connectivity index (χ1v) is 22.8. The molecular formula is C58H47N3O. The van der Waals surface area contributed by atoms with Crippen LogP contribution in [0.1, 0.15) is 79.2 Å². The van der Waals surface area contributed by atoms with Crippen LogP contribution in [0.15, 0.2) is 170 Å². The molecule has 2 heterocycles. The molecule has 0 N–H and O–H groups in total. The molecule has 1 unspecified atom stereocenters. The summed E-state index contributed by atoms with van der Waals surface area (Å²) in [4.78, 5) is 16.1. The number of nitrogens with zero attached hydrogens (tertiary/aromatic N) is 3. The molecule has 1 aromatic heterocycles. The Morgan fingerprint density at radius 2 is 0.952 bits per heavy atom. The van der Waals surface area contributed by atoms with E-state index in [9.17, 15) is 0 Å². The maximum Gasteiger partial charge on any atom is 0.164 e. The molecule has 1 spiro atoms. The summed E-state index contributed by atoms with van der Waals surface area (Å²) in [5, 5.41) is 0. The Hall–Kier alpha value is -6.65. The normalized spacial score (nSPS) is 22.2. The van der Waals surface area contributed by atoms with Crippen LogP contribution < -0.4 is 4.74 Å². The van der Waals surface area contributed by atoms with Gasteiger partial charge in [0, 0.05) is 27.8 Å². The van der Waals surface area contributed by atoms with Gasteiger partial charge in [-0.2, -0.15) is 0 Å². The lowest BCUT2D eigenvalue weighted by Crippen LogP contribution is -2.42. The molecule has 7 aromatic carbocycles. The third-order valence-electron chi connectivity index (χ3n) is 15.4. The van der Waals surface area contributed by atoms with E-state index in [1.807, 2.05) is 0 Å². The standard InChI is InChI=1S/C58H47N3O/c1-2-13-40(14-3-1)41-23-25-42(26-24-41)54-59-55(43-27-29-44(30-28-43)57-31-11-12-37(35-57)32-38-33-39(34-38)36-57)61-56(60-54)46-16-10-20-50-53(46)45-15-4-5-17-47(45)58(50)48-18-6-8-21-51(48)62-52-22-9-7-19-49(52)58/h1-10,13-30,37-39H,11-12,31-36H2/t37-,38?,39?,57?/m0/s1. The van der Waals surface area contributed by atoms with Crippen molar-refractivity contribution in [2.75, 3.05) is 0 Å². The number of benzene rings is 7. The zero-order chi connectivity index (χ0) is 40.8. The second-order valence-electron chi connectivity index (χ2n) is 18.8. The zero-order valence-corrected chi connectivity index (χ0v) is 34.8. The van der Waals surface area contributed by atoms with E-state index in [4.69, 9.17) is 19.7 Å². The van der Waals surface area contributed by atoms with Gasteiger partial charge in [0.15, 0.2) is 17.5 Å². The highest BCUT2D eigenvalue weighted by atomic mass is 16.5. The average Bonchev–Trinajstić information content (AvgIpc) is 3.61. The summed E-state index contributed by atoms with van der Waals surface area (Å²) in [5.74, 6) is 6.55. The second-order valence-corrected chi connectivity index (χ2v) is 18.8. The van der Waals surface area contributed by atoms with Crippen molar-refractivity contribution in [3.05, 3.63) is 198 Å². The maximum absolute atomic E-state index is 6.63. The van der Waals surface area contributed by atoms with Crippen molar-refractivity contribution in [1.82, 2.24) is 15.0 Å². The molecule has 6 aliphatic rings. The molecule has 4 bridgehead atoms. The lowest BCUT2D eigenvalue weighted by Gasteiger charge is -2.52. The molecule has 0 amide bonds. The largest absolute Gasteiger partial charge is 0.457 e. The first-order valence-electron chi connectivity index (χ1n) is 22.8. The quantitative estimate of drug-likeness (QED) is 0.174. The predicted octanol–water partition coefficient (Wildman–Crippen LogP) is 14.3. The Balaban J connectivity index is 0.987. The van der Waals surface area contributed by atoms with Gasteiger partial charge in [-0.25, -0.2) is 15.0 Å². The number of hydrogen-bond acceptors (Lipinski definition) is 4. The van der Waals surface area contributed by atoms with Crippen molar-refractivity contribution in [2.45, 2.75) is 62.2 Å². The summed E-state index contributed by atoms with van der Waals surface area (Å²) >= 11 is 0. The van der Waals surface area contributed by atoms with Crippen LogP contribution in [-0.4, -0.2) is 15.0 Å². The number of ether oxygens (including phenoxy) is 1.